The van der Waals surface area contributed by atoms with Gasteiger partial charge in [-0.3, -0.25) is 14.3 Å². The Bertz CT molecular complexity index is 1020. The van der Waals surface area contributed by atoms with Crippen LogP contribution in [-0.2, 0) is 11.3 Å². The SMILES string of the molecule is O=C(CSc1nncn1-c1cccc(Cl)c1)N1CCN(Cc2cccc(Cl)c2)CC1. The molecule has 0 saturated carbocycles. The minimum atomic E-state index is 0.114. The molecule has 1 aliphatic heterocycles. The maximum absolute atomic E-state index is 12.7. The maximum Gasteiger partial charge on any atom is 0.233 e. The monoisotopic (exact) mass is 461 g/mol. The van der Waals surface area contributed by atoms with Crippen molar-refractivity contribution in [2.45, 2.75) is 11.7 Å². The summed E-state index contributed by atoms with van der Waals surface area (Å²) in [7, 11) is 0. The molecule has 9 heteroatoms. The van der Waals surface area contributed by atoms with E-state index in [0.717, 1.165) is 43.4 Å². The van der Waals surface area contributed by atoms with Crippen molar-refractivity contribution in [1.82, 2.24) is 24.6 Å². The number of amides is 1. The summed E-state index contributed by atoms with van der Waals surface area (Å²) in [6.07, 6.45) is 1.63. The fourth-order valence-corrected chi connectivity index (χ4v) is 4.62. The van der Waals surface area contributed by atoms with Gasteiger partial charge in [-0.15, -0.1) is 10.2 Å². The van der Waals surface area contributed by atoms with Gasteiger partial charge in [-0.05, 0) is 35.9 Å². The van der Waals surface area contributed by atoms with E-state index in [-0.39, 0.29) is 5.91 Å². The third-order valence-corrected chi connectivity index (χ3v) is 6.35. The molecule has 3 aromatic rings. The van der Waals surface area contributed by atoms with Crippen molar-refractivity contribution in [3.8, 4) is 5.69 Å². The van der Waals surface area contributed by atoms with Crippen LogP contribution in [0.5, 0.6) is 0 Å². The van der Waals surface area contributed by atoms with Crippen LogP contribution in [0.1, 0.15) is 5.56 Å². The summed E-state index contributed by atoms with van der Waals surface area (Å²) in [5.41, 5.74) is 2.07. The van der Waals surface area contributed by atoms with Gasteiger partial charge in [0.15, 0.2) is 5.16 Å². The summed E-state index contributed by atoms with van der Waals surface area (Å²) < 4.78 is 1.84. The molecule has 4 rings (SSSR count). The number of thioether (sulfide) groups is 1. The Hall–Kier alpha value is -2.06. The lowest BCUT2D eigenvalue weighted by Gasteiger charge is -2.34. The van der Waals surface area contributed by atoms with Gasteiger partial charge in [-0.2, -0.15) is 0 Å². The number of piperazine rings is 1. The van der Waals surface area contributed by atoms with Crippen molar-refractivity contribution < 1.29 is 4.79 Å². The van der Waals surface area contributed by atoms with Crippen molar-refractivity contribution in [3.05, 3.63) is 70.5 Å². The molecule has 0 spiro atoms. The standard InChI is InChI=1S/C21H21Cl2N5OS/c22-17-4-1-3-16(11-17)13-26-7-9-27(10-8-26)20(29)14-30-21-25-24-15-28(21)19-6-2-5-18(23)12-19/h1-6,11-12,15H,7-10,13-14H2. The van der Waals surface area contributed by atoms with Crippen molar-refractivity contribution in [2.24, 2.45) is 0 Å². The number of nitrogens with zero attached hydrogens (tertiary/aromatic N) is 5. The molecule has 0 unspecified atom stereocenters. The topological polar surface area (TPSA) is 54.3 Å². The van der Waals surface area contributed by atoms with Gasteiger partial charge in [0.25, 0.3) is 0 Å². The van der Waals surface area contributed by atoms with Gasteiger partial charge >= 0.3 is 0 Å². The fraction of sp³-hybridized carbons (Fsp3) is 0.286. The summed E-state index contributed by atoms with van der Waals surface area (Å²) in [5, 5.41) is 10.2. The van der Waals surface area contributed by atoms with Gasteiger partial charge in [0.1, 0.15) is 6.33 Å². The predicted octanol–water partition coefficient (Wildman–Crippen LogP) is 4.01. The summed E-state index contributed by atoms with van der Waals surface area (Å²) in [4.78, 5) is 17.0. The molecule has 1 aliphatic rings. The average molecular weight is 462 g/mol. The molecule has 1 aromatic heterocycles. The molecular formula is C21H21Cl2N5OS. The Morgan fingerprint density at radius 1 is 1.00 bits per heavy atom. The average Bonchev–Trinajstić information content (AvgIpc) is 3.21. The third kappa shape index (κ3) is 5.35. The number of halogens is 2. The summed E-state index contributed by atoms with van der Waals surface area (Å²) in [6.45, 7) is 3.99. The highest BCUT2D eigenvalue weighted by atomic mass is 35.5. The Kier molecular flexibility index (Phi) is 6.94. The third-order valence-electron chi connectivity index (χ3n) is 4.95. The van der Waals surface area contributed by atoms with Gasteiger partial charge in [0.2, 0.25) is 5.91 Å². The second kappa shape index (κ2) is 9.83. The molecule has 0 N–H and O–H groups in total. The molecule has 30 heavy (non-hydrogen) atoms. The number of hydrogen-bond donors (Lipinski definition) is 0. The number of rotatable bonds is 6. The van der Waals surface area contributed by atoms with Crippen LogP contribution < -0.4 is 0 Å². The number of aromatic nitrogens is 3. The zero-order valence-electron chi connectivity index (χ0n) is 16.2. The van der Waals surface area contributed by atoms with E-state index in [1.54, 1.807) is 6.33 Å². The van der Waals surface area contributed by atoms with Crippen molar-refractivity contribution in [2.75, 3.05) is 31.9 Å². The zero-order valence-corrected chi connectivity index (χ0v) is 18.6. The molecule has 1 fully saturated rings. The first-order valence-corrected chi connectivity index (χ1v) is 11.4. The predicted molar refractivity (Wildman–Crippen MR) is 120 cm³/mol. The van der Waals surface area contributed by atoms with E-state index >= 15 is 0 Å². The smallest absolute Gasteiger partial charge is 0.233 e. The Morgan fingerprint density at radius 3 is 2.47 bits per heavy atom. The van der Waals surface area contributed by atoms with Crippen LogP contribution in [0.2, 0.25) is 10.0 Å². The molecule has 0 bridgehead atoms. The zero-order chi connectivity index (χ0) is 20.9. The van der Waals surface area contributed by atoms with E-state index in [4.69, 9.17) is 23.2 Å². The second-order valence-corrected chi connectivity index (χ2v) is 8.85. The number of hydrogen-bond acceptors (Lipinski definition) is 5. The van der Waals surface area contributed by atoms with Crippen LogP contribution in [0.15, 0.2) is 60.0 Å². The van der Waals surface area contributed by atoms with E-state index in [1.165, 1.54) is 17.3 Å². The molecular weight excluding hydrogens is 441 g/mol. The molecule has 0 radical (unpaired) electrons. The first-order valence-electron chi connectivity index (χ1n) is 9.62. The van der Waals surface area contributed by atoms with Gasteiger partial charge in [-0.1, -0.05) is 53.2 Å². The molecule has 2 aromatic carbocycles. The van der Waals surface area contributed by atoms with E-state index in [9.17, 15) is 4.79 Å². The lowest BCUT2D eigenvalue weighted by atomic mass is 10.2. The minimum Gasteiger partial charge on any atom is -0.339 e. The minimum absolute atomic E-state index is 0.114. The molecule has 1 amide bonds. The second-order valence-electron chi connectivity index (χ2n) is 7.04. The largest absolute Gasteiger partial charge is 0.339 e. The molecule has 1 saturated heterocycles. The van der Waals surface area contributed by atoms with E-state index < -0.39 is 0 Å². The van der Waals surface area contributed by atoms with Crippen molar-refractivity contribution in [1.29, 1.82) is 0 Å². The Balaban J connectivity index is 1.28. The molecule has 2 heterocycles. The molecule has 0 aliphatic carbocycles. The van der Waals surface area contributed by atoms with Crippen molar-refractivity contribution >= 4 is 40.9 Å². The van der Waals surface area contributed by atoms with E-state index in [0.29, 0.717) is 15.9 Å². The molecule has 0 atom stereocenters. The number of carbonyl (C=O) groups is 1. The van der Waals surface area contributed by atoms with Gasteiger partial charge < -0.3 is 4.90 Å². The fourth-order valence-electron chi connectivity index (χ4n) is 3.39. The normalized spacial score (nSPS) is 14.8. The van der Waals surface area contributed by atoms with Gasteiger partial charge in [0.05, 0.1) is 11.4 Å². The summed E-state index contributed by atoms with van der Waals surface area (Å²) in [6, 6.07) is 15.4. The van der Waals surface area contributed by atoms with Crippen LogP contribution in [0, 0.1) is 0 Å². The highest BCUT2D eigenvalue weighted by Crippen LogP contribution is 2.22. The Labute approximate surface area is 189 Å². The first-order chi connectivity index (χ1) is 14.6. The van der Waals surface area contributed by atoms with Crippen LogP contribution in [-0.4, -0.2) is 62.4 Å². The highest BCUT2D eigenvalue weighted by molar-refractivity contribution is 7.99. The van der Waals surface area contributed by atoms with Crippen LogP contribution in [0.25, 0.3) is 5.69 Å². The van der Waals surface area contributed by atoms with Crippen LogP contribution in [0.4, 0.5) is 0 Å². The molecule has 156 valence electrons. The lowest BCUT2D eigenvalue weighted by molar-refractivity contribution is -0.130. The highest BCUT2D eigenvalue weighted by Gasteiger charge is 2.22. The van der Waals surface area contributed by atoms with Crippen molar-refractivity contribution in [3.63, 3.8) is 0 Å². The summed E-state index contributed by atoms with van der Waals surface area (Å²) in [5.74, 6) is 0.441. The molecule has 6 nitrogen and oxygen atoms in total. The van der Waals surface area contributed by atoms with Gasteiger partial charge in [0, 0.05) is 42.8 Å². The van der Waals surface area contributed by atoms with Gasteiger partial charge in [-0.25, -0.2) is 0 Å². The number of carbonyl (C=O) groups excluding carboxylic acids is 1. The van der Waals surface area contributed by atoms with Crippen LogP contribution >= 0.6 is 35.0 Å². The first kappa shape index (κ1) is 21.2. The Morgan fingerprint density at radius 2 is 1.73 bits per heavy atom. The quantitative estimate of drug-likeness (QED) is 0.519. The maximum atomic E-state index is 12.7. The number of benzene rings is 2. The van der Waals surface area contributed by atoms with Crippen LogP contribution in [0.3, 0.4) is 0 Å². The van der Waals surface area contributed by atoms with E-state index in [1.807, 2.05) is 51.9 Å². The summed E-state index contributed by atoms with van der Waals surface area (Å²) >= 11 is 13.5. The lowest BCUT2D eigenvalue weighted by Crippen LogP contribution is -2.48. The van der Waals surface area contributed by atoms with E-state index in [2.05, 4.69) is 21.2 Å².